The molecular weight excluding hydrogens is 374 g/mol. The van der Waals surface area contributed by atoms with Crippen molar-refractivity contribution >= 4 is 17.1 Å². The number of carbonyl (C=O) groups is 1. The van der Waals surface area contributed by atoms with Crippen LogP contribution in [0.25, 0.3) is 22.2 Å². The number of hydrogen-bond acceptors (Lipinski definition) is 3. The van der Waals surface area contributed by atoms with Crippen LogP contribution in [0.5, 0.6) is 0 Å². The van der Waals surface area contributed by atoms with Crippen molar-refractivity contribution in [2.75, 3.05) is 19.6 Å². The Balaban J connectivity index is 1.59. The first-order valence-corrected chi connectivity index (χ1v) is 11.0. The number of aryl methyl sites for hydroxylation is 1. The van der Waals surface area contributed by atoms with Crippen molar-refractivity contribution in [2.24, 2.45) is 0 Å². The van der Waals surface area contributed by atoms with Crippen molar-refractivity contribution in [1.82, 2.24) is 25.5 Å². The number of pyridine rings is 1. The minimum absolute atomic E-state index is 0.0279. The van der Waals surface area contributed by atoms with Crippen molar-refractivity contribution in [3.63, 3.8) is 0 Å². The largest absolute Gasteiger partial charge is 0.346 e. The van der Waals surface area contributed by atoms with Gasteiger partial charge in [-0.1, -0.05) is 0 Å². The Bertz CT molecular complexity index is 1100. The van der Waals surface area contributed by atoms with Gasteiger partial charge in [0.05, 0.1) is 0 Å². The Kier molecular flexibility index (Phi) is 4.95. The fraction of sp³-hybridized carbons (Fsp3) is 0.417. The number of benzene rings is 1. The normalized spacial score (nSPS) is 18.6. The molecule has 3 aromatic rings. The number of aromatic nitrogens is 2. The number of urea groups is 1. The fourth-order valence-corrected chi connectivity index (χ4v) is 4.89. The molecule has 0 bridgehead atoms. The molecule has 3 N–H and O–H groups in total. The van der Waals surface area contributed by atoms with E-state index in [0.29, 0.717) is 19.1 Å². The van der Waals surface area contributed by atoms with Crippen LogP contribution in [-0.4, -0.2) is 40.5 Å². The Morgan fingerprint density at radius 1 is 1.30 bits per heavy atom. The average Bonchev–Trinajstić information content (AvgIpc) is 3.43. The van der Waals surface area contributed by atoms with Crippen LogP contribution < -0.4 is 10.6 Å². The van der Waals surface area contributed by atoms with Gasteiger partial charge in [0, 0.05) is 49.0 Å². The molecule has 2 aromatic heterocycles. The Labute approximate surface area is 177 Å². The second-order valence-electron chi connectivity index (χ2n) is 8.45. The molecule has 30 heavy (non-hydrogen) atoms. The van der Waals surface area contributed by atoms with Crippen LogP contribution in [0.2, 0.25) is 0 Å². The molecule has 1 saturated heterocycles. The number of rotatable bonds is 3. The van der Waals surface area contributed by atoms with Crippen LogP contribution in [0.4, 0.5) is 4.79 Å². The Morgan fingerprint density at radius 2 is 2.20 bits per heavy atom. The maximum Gasteiger partial charge on any atom is 0.317 e. The van der Waals surface area contributed by atoms with Crippen LogP contribution >= 0.6 is 0 Å². The number of aromatic amines is 1. The zero-order valence-electron chi connectivity index (χ0n) is 17.7. The monoisotopic (exact) mass is 403 g/mol. The van der Waals surface area contributed by atoms with E-state index in [1.165, 1.54) is 40.7 Å². The molecule has 0 saturated carbocycles. The van der Waals surface area contributed by atoms with Gasteiger partial charge in [-0.15, -0.1) is 0 Å². The fourth-order valence-electron chi connectivity index (χ4n) is 4.89. The predicted molar refractivity (Wildman–Crippen MR) is 119 cm³/mol. The van der Waals surface area contributed by atoms with Crippen molar-refractivity contribution in [1.29, 1.82) is 0 Å². The highest BCUT2D eigenvalue weighted by Gasteiger charge is 2.27. The number of nitrogens with zero attached hydrogens (tertiary/aromatic N) is 2. The van der Waals surface area contributed by atoms with Crippen molar-refractivity contribution in [2.45, 2.75) is 45.7 Å². The SMILES string of the molecule is CCNC(=O)N1CCc2c(cc(-c3cnc4[nH]cc(C)c4c3)cc2[C@@H]2CCCN2)C1. The summed E-state index contributed by atoms with van der Waals surface area (Å²) in [7, 11) is 0. The molecule has 0 spiro atoms. The first kappa shape index (κ1) is 19.1. The van der Waals surface area contributed by atoms with Crippen molar-refractivity contribution in [3.8, 4) is 11.1 Å². The second-order valence-corrected chi connectivity index (χ2v) is 8.45. The molecule has 2 aliphatic rings. The topological polar surface area (TPSA) is 73.0 Å². The number of amides is 2. The zero-order valence-corrected chi connectivity index (χ0v) is 17.7. The van der Waals surface area contributed by atoms with E-state index in [9.17, 15) is 4.79 Å². The van der Waals surface area contributed by atoms with Crippen molar-refractivity contribution in [3.05, 3.63) is 52.8 Å². The maximum absolute atomic E-state index is 12.4. The molecule has 0 radical (unpaired) electrons. The molecule has 2 aliphatic heterocycles. The van der Waals surface area contributed by atoms with Crippen molar-refractivity contribution < 1.29 is 4.79 Å². The molecule has 0 unspecified atom stereocenters. The van der Waals surface area contributed by atoms with Gasteiger partial charge in [0.25, 0.3) is 0 Å². The van der Waals surface area contributed by atoms with E-state index in [1.807, 2.05) is 24.2 Å². The van der Waals surface area contributed by atoms with Crippen LogP contribution in [0.3, 0.4) is 0 Å². The summed E-state index contributed by atoms with van der Waals surface area (Å²) in [5, 5.41) is 7.79. The summed E-state index contributed by atoms with van der Waals surface area (Å²) in [4.78, 5) is 22.2. The summed E-state index contributed by atoms with van der Waals surface area (Å²) >= 11 is 0. The molecule has 1 aromatic carbocycles. The molecule has 6 nitrogen and oxygen atoms in total. The van der Waals surface area contributed by atoms with Crippen LogP contribution in [-0.2, 0) is 13.0 Å². The van der Waals surface area contributed by atoms with E-state index >= 15 is 0 Å². The summed E-state index contributed by atoms with van der Waals surface area (Å²) in [5.74, 6) is 0. The predicted octanol–water partition coefficient (Wildman–Crippen LogP) is 4.05. The number of hydrogen-bond donors (Lipinski definition) is 3. The number of fused-ring (bicyclic) bond motifs is 2. The van der Waals surface area contributed by atoms with E-state index < -0.39 is 0 Å². The lowest BCUT2D eigenvalue weighted by molar-refractivity contribution is 0.193. The minimum Gasteiger partial charge on any atom is -0.346 e. The van der Waals surface area contributed by atoms with Crippen LogP contribution in [0.1, 0.15) is 48.1 Å². The first-order chi connectivity index (χ1) is 14.6. The molecule has 1 fully saturated rings. The molecule has 6 heteroatoms. The van der Waals surface area contributed by atoms with Gasteiger partial charge in [-0.25, -0.2) is 9.78 Å². The van der Waals surface area contributed by atoms with Gasteiger partial charge in [0.1, 0.15) is 5.65 Å². The summed E-state index contributed by atoms with van der Waals surface area (Å²) in [6, 6.07) is 7.28. The highest BCUT2D eigenvalue weighted by molar-refractivity contribution is 5.84. The highest BCUT2D eigenvalue weighted by Crippen LogP contribution is 2.36. The van der Waals surface area contributed by atoms with Gasteiger partial charge in [-0.05, 0) is 85.7 Å². The maximum atomic E-state index is 12.4. The van der Waals surface area contributed by atoms with E-state index in [0.717, 1.165) is 36.1 Å². The molecule has 5 rings (SSSR count). The van der Waals surface area contributed by atoms with E-state index in [1.54, 1.807) is 0 Å². The third-order valence-electron chi connectivity index (χ3n) is 6.49. The molecule has 156 valence electrons. The summed E-state index contributed by atoms with van der Waals surface area (Å²) in [6.07, 6.45) is 7.26. The summed E-state index contributed by atoms with van der Waals surface area (Å²) in [6.45, 7) is 7.23. The number of H-pyrrole nitrogens is 1. The van der Waals surface area contributed by atoms with E-state index in [-0.39, 0.29) is 6.03 Å². The standard InChI is InChI=1S/C24H29N5O/c1-3-25-24(30)29-8-6-19-18(14-29)9-16(10-21(19)22-5-4-7-26-22)17-11-20-15(2)12-27-23(20)28-13-17/h9-13,22,26H,3-8,14H2,1-2H3,(H,25,30)(H,27,28)/t22-/m0/s1. The van der Waals surface area contributed by atoms with Gasteiger partial charge in [0.15, 0.2) is 0 Å². The van der Waals surface area contributed by atoms with Gasteiger partial charge in [0.2, 0.25) is 0 Å². The molecule has 0 aliphatic carbocycles. The summed E-state index contributed by atoms with van der Waals surface area (Å²) in [5.41, 5.74) is 8.53. The minimum atomic E-state index is 0.0279. The third-order valence-corrected chi connectivity index (χ3v) is 6.49. The van der Waals surface area contributed by atoms with Gasteiger partial charge < -0.3 is 20.5 Å². The Hall–Kier alpha value is -2.86. The van der Waals surface area contributed by atoms with Crippen LogP contribution in [0.15, 0.2) is 30.6 Å². The lowest BCUT2D eigenvalue weighted by atomic mass is 9.87. The third kappa shape index (κ3) is 3.35. The number of carbonyl (C=O) groups excluding carboxylic acids is 1. The molecule has 1 atom stereocenters. The smallest absolute Gasteiger partial charge is 0.317 e. The zero-order chi connectivity index (χ0) is 20.7. The van der Waals surface area contributed by atoms with Gasteiger partial charge >= 0.3 is 6.03 Å². The second kappa shape index (κ2) is 7.76. The van der Waals surface area contributed by atoms with E-state index in [4.69, 9.17) is 0 Å². The van der Waals surface area contributed by atoms with Gasteiger partial charge in [-0.3, -0.25) is 0 Å². The van der Waals surface area contributed by atoms with Crippen LogP contribution in [0, 0.1) is 6.92 Å². The molecule has 2 amide bonds. The quantitative estimate of drug-likeness (QED) is 0.618. The first-order valence-electron chi connectivity index (χ1n) is 11.0. The Morgan fingerprint density at radius 3 is 3.00 bits per heavy atom. The lowest BCUT2D eigenvalue weighted by Crippen LogP contribution is -2.43. The van der Waals surface area contributed by atoms with E-state index in [2.05, 4.69) is 45.7 Å². The highest BCUT2D eigenvalue weighted by atomic mass is 16.2. The number of nitrogens with one attached hydrogen (secondary N) is 3. The summed E-state index contributed by atoms with van der Waals surface area (Å²) < 4.78 is 0. The average molecular weight is 404 g/mol. The van der Waals surface area contributed by atoms with Gasteiger partial charge in [-0.2, -0.15) is 0 Å². The molecule has 4 heterocycles. The lowest BCUT2D eigenvalue weighted by Gasteiger charge is -2.32. The molecular formula is C24H29N5O.